The molecule has 2 aliphatic rings. The number of hydrogen-bond acceptors (Lipinski definition) is 4. The summed E-state index contributed by atoms with van der Waals surface area (Å²) >= 11 is 1.48. The molecule has 1 unspecified atom stereocenters. The molecule has 0 amide bonds. The van der Waals surface area contributed by atoms with Crippen molar-refractivity contribution in [3.8, 4) is 0 Å². The molecule has 0 bridgehead atoms. The first kappa shape index (κ1) is 12.9. The summed E-state index contributed by atoms with van der Waals surface area (Å²) in [4.78, 5) is 25.7. The Hall–Kier alpha value is -1.16. The van der Waals surface area contributed by atoms with Crippen LogP contribution in [0.15, 0.2) is 11.4 Å². The van der Waals surface area contributed by atoms with Crippen LogP contribution in [0.3, 0.4) is 0 Å². The van der Waals surface area contributed by atoms with Crippen LogP contribution in [0.4, 0.5) is 0 Å². The zero-order valence-electron chi connectivity index (χ0n) is 11.3. The van der Waals surface area contributed by atoms with Crippen molar-refractivity contribution in [1.29, 1.82) is 0 Å². The van der Waals surface area contributed by atoms with Gasteiger partial charge in [-0.1, -0.05) is 6.92 Å². The van der Waals surface area contributed by atoms with Crippen molar-refractivity contribution in [3.05, 3.63) is 21.9 Å². The monoisotopic (exact) mass is 278 g/mol. The highest BCUT2D eigenvalue weighted by Crippen LogP contribution is 2.45. The second-order valence-corrected chi connectivity index (χ2v) is 6.81. The summed E-state index contributed by atoms with van der Waals surface area (Å²) in [6, 6.07) is 1.95. The molecule has 1 saturated heterocycles. The number of esters is 1. The zero-order valence-corrected chi connectivity index (χ0v) is 12.1. The summed E-state index contributed by atoms with van der Waals surface area (Å²) in [5.74, 6) is -0.395. The second kappa shape index (κ2) is 4.44. The largest absolute Gasteiger partial charge is 0.450 e. The van der Waals surface area contributed by atoms with Crippen molar-refractivity contribution in [2.75, 3.05) is 0 Å². The third-order valence-corrected chi connectivity index (χ3v) is 5.57. The molecule has 0 radical (unpaired) electrons. The minimum atomic E-state index is -0.815. The van der Waals surface area contributed by atoms with E-state index in [-0.39, 0.29) is 11.8 Å². The van der Waals surface area contributed by atoms with Gasteiger partial charge >= 0.3 is 5.97 Å². The quantitative estimate of drug-likeness (QED) is 0.585. The lowest BCUT2D eigenvalue weighted by atomic mass is 9.75. The minimum Gasteiger partial charge on any atom is -0.450 e. The van der Waals surface area contributed by atoms with E-state index in [9.17, 15) is 9.59 Å². The first-order chi connectivity index (χ1) is 9.03. The van der Waals surface area contributed by atoms with Crippen molar-refractivity contribution >= 4 is 23.1 Å². The number of ketones is 1. The molecule has 1 saturated carbocycles. The molecular formula is C15H18O3S. The Morgan fingerprint density at radius 1 is 1.32 bits per heavy atom. The van der Waals surface area contributed by atoms with Gasteiger partial charge in [0.2, 0.25) is 0 Å². The fourth-order valence-electron chi connectivity index (χ4n) is 3.16. The average molecular weight is 278 g/mol. The molecule has 0 aromatic carbocycles. The number of carbonyl (C=O) groups is 2. The fourth-order valence-corrected chi connectivity index (χ4v) is 4.17. The molecule has 1 atom stereocenters. The van der Waals surface area contributed by atoms with E-state index in [1.165, 1.54) is 11.3 Å². The van der Waals surface area contributed by atoms with E-state index in [0.717, 1.165) is 23.3 Å². The van der Waals surface area contributed by atoms with Crippen LogP contribution in [0.5, 0.6) is 0 Å². The summed E-state index contributed by atoms with van der Waals surface area (Å²) in [6.45, 7) is 4.13. The Bertz CT molecular complexity index is 523. The van der Waals surface area contributed by atoms with Crippen LogP contribution in [0, 0.1) is 12.8 Å². The highest BCUT2D eigenvalue weighted by molar-refractivity contribution is 7.10. The Morgan fingerprint density at radius 3 is 2.58 bits per heavy atom. The number of hydrogen-bond donors (Lipinski definition) is 0. The maximum Gasteiger partial charge on any atom is 0.323 e. The molecule has 3 nitrogen and oxygen atoms in total. The minimum absolute atomic E-state index is 0.00468. The molecule has 0 N–H and O–H groups in total. The normalized spacial score (nSPS) is 34.8. The topological polar surface area (TPSA) is 43.4 Å². The molecule has 102 valence electrons. The summed E-state index contributed by atoms with van der Waals surface area (Å²) in [5.41, 5.74) is 0.201. The molecule has 1 aromatic rings. The zero-order chi connectivity index (χ0) is 13.6. The highest BCUT2D eigenvalue weighted by atomic mass is 32.1. The number of ether oxygens (including phenoxy) is 1. The highest BCUT2D eigenvalue weighted by Gasteiger charge is 2.56. The van der Waals surface area contributed by atoms with Gasteiger partial charge in [0.05, 0.1) is 0 Å². The van der Waals surface area contributed by atoms with E-state index in [0.29, 0.717) is 18.8 Å². The average Bonchev–Trinajstić information content (AvgIpc) is 2.88. The van der Waals surface area contributed by atoms with Gasteiger partial charge in [0.25, 0.3) is 0 Å². The van der Waals surface area contributed by atoms with E-state index in [1.807, 2.05) is 18.4 Å². The van der Waals surface area contributed by atoms with Gasteiger partial charge in [-0.15, -0.1) is 11.3 Å². The second-order valence-electron chi connectivity index (χ2n) is 5.86. The molecule has 1 aliphatic carbocycles. The number of carbonyl (C=O) groups excluding carboxylic acids is 2. The Kier molecular flexibility index (Phi) is 3.01. The Morgan fingerprint density at radius 2 is 2.00 bits per heavy atom. The first-order valence-corrected chi connectivity index (χ1v) is 7.72. The summed E-state index contributed by atoms with van der Waals surface area (Å²) < 4.78 is 5.56. The van der Waals surface area contributed by atoms with Crippen LogP contribution in [-0.2, 0) is 14.3 Å². The van der Waals surface area contributed by atoms with E-state index in [4.69, 9.17) is 4.74 Å². The van der Waals surface area contributed by atoms with Gasteiger partial charge in [-0.25, -0.2) is 0 Å². The van der Waals surface area contributed by atoms with Gasteiger partial charge in [0.15, 0.2) is 17.3 Å². The van der Waals surface area contributed by atoms with Crippen molar-refractivity contribution in [2.45, 2.75) is 51.0 Å². The van der Waals surface area contributed by atoms with E-state index < -0.39 is 11.5 Å². The number of aryl methyl sites for hydroxylation is 1. The van der Waals surface area contributed by atoms with E-state index in [2.05, 4.69) is 6.92 Å². The van der Waals surface area contributed by atoms with Gasteiger partial charge in [0, 0.05) is 4.88 Å². The lowest BCUT2D eigenvalue weighted by molar-refractivity contribution is -0.155. The Balaban J connectivity index is 1.92. The molecule has 1 aliphatic heterocycles. The van der Waals surface area contributed by atoms with Gasteiger partial charge in [-0.05, 0) is 55.5 Å². The predicted octanol–water partition coefficient (Wildman–Crippen LogP) is 3.21. The van der Waals surface area contributed by atoms with Gasteiger partial charge in [0.1, 0.15) is 0 Å². The van der Waals surface area contributed by atoms with Crippen LogP contribution >= 0.6 is 11.3 Å². The fraction of sp³-hybridized carbons (Fsp3) is 0.600. The molecule has 4 heteroatoms. The summed E-state index contributed by atoms with van der Waals surface area (Å²) in [7, 11) is 0. The van der Waals surface area contributed by atoms with Crippen molar-refractivity contribution in [1.82, 2.24) is 0 Å². The van der Waals surface area contributed by atoms with Gasteiger partial charge in [-0.3, -0.25) is 9.59 Å². The molecule has 19 heavy (non-hydrogen) atoms. The predicted molar refractivity (Wildman–Crippen MR) is 73.3 cm³/mol. The standard InChI is InChI=1S/C15H18O3S/c1-9-3-6-15(7-4-9)13(16)11(14(17)18-15)12-10(2)5-8-19-12/h5,8-9,11H,3-4,6-7H2,1-2H3. The third kappa shape index (κ3) is 1.93. The number of rotatable bonds is 1. The lowest BCUT2D eigenvalue weighted by Crippen LogP contribution is -2.40. The summed E-state index contributed by atoms with van der Waals surface area (Å²) in [5, 5.41) is 1.93. The molecule has 1 spiro atoms. The molecular weight excluding hydrogens is 260 g/mol. The maximum absolute atomic E-state index is 12.7. The van der Waals surface area contributed by atoms with Gasteiger partial charge < -0.3 is 4.74 Å². The van der Waals surface area contributed by atoms with Crippen molar-refractivity contribution in [3.63, 3.8) is 0 Å². The van der Waals surface area contributed by atoms with Gasteiger partial charge in [-0.2, -0.15) is 0 Å². The van der Waals surface area contributed by atoms with Crippen molar-refractivity contribution in [2.24, 2.45) is 5.92 Å². The smallest absolute Gasteiger partial charge is 0.323 e. The molecule has 1 aromatic heterocycles. The van der Waals surface area contributed by atoms with E-state index in [1.54, 1.807) is 0 Å². The SMILES string of the molecule is Cc1ccsc1C1C(=O)OC2(CCC(C)CC2)C1=O. The van der Waals surface area contributed by atoms with Crippen molar-refractivity contribution < 1.29 is 14.3 Å². The van der Waals surface area contributed by atoms with E-state index >= 15 is 0 Å². The number of thiophene rings is 1. The van der Waals surface area contributed by atoms with Crippen LogP contribution in [-0.4, -0.2) is 17.4 Å². The van der Waals surface area contributed by atoms with Crippen LogP contribution < -0.4 is 0 Å². The lowest BCUT2D eigenvalue weighted by Gasteiger charge is -2.33. The van der Waals surface area contributed by atoms with Crippen LogP contribution in [0.1, 0.15) is 49.0 Å². The third-order valence-electron chi connectivity index (χ3n) is 4.49. The van der Waals surface area contributed by atoms with Crippen LogP contribution in [0.2, 0.25) is 0 Å². The number of Topliss-reactive ketones (excluding diaryl/α,β-unsaturated/α-hetero) is 1. The summed E-state index contributed by atoms with van der Waals surface area (Å²) in [6.07, 6.45) is 3.32. The van der Waals surface area contributed by atoms with Crippen LogP contribution in [0.25, 0.3) is 0 Å². The molecule has 2 heterocycles. The molecule has 3 rings (SSSR count). The Labute approximate surface area is 117 Å². The maximum atomic E-state index is 12.7. The molecule has 2 fully saturated rings. The first-order valence-electron chi connectivity index (χ1n) is 6.85.